The molecule has 31 heavy (non-hydrogen) atoms. The molecule has 172 valence electrons. The molecule has 1 saturated carbocycles. The minimum absolute atomic E-state index is 0.0401. The molecule has 3 rings (SSSR count). The highest BCUT2D eigenvalue weighted by Gasteiger charge is 2.39. The van der Waals surface area contributed by atoms with Crippen molar-refractivity contribution in [1.82, 2.24) is 4.90 Å². The minimum Gasteiger partial charge on any atom is -0.382 e. The van der Waals surface area contributed by atoms with Gasteiger partial charge in [-0.1, -0.05) is 6.92 Å². The summed E-state index contributed by atoms with van der Waals surface area (Å²) in [6, 6.07) is 3.11. The highest BCUT2D eigenvalue weighted by Crippen LogP contribution is 2.38. The number of hydrogen-bond acceptors (Lipinski definition) is 5. The number of carbonyl (C=O) groups excluding carboxylic acids is 1. The van der Waals surface area contributed by atoms with E-state index in [1.165, 1.54) is 6.07 Å². The number of anilines is 1. The minimum atomic E-state index is -4.78. The van der Waals surface area contributed by atoms with E-state index >= 15 is 0 Å². The summed E-state index contributed by atoms with van der Waals surface area (Å²) in [5.41, 5.74) is 3.17. The summed E-state index contributed by atoms with van der Waals surface area (Å²) >= 11 is 0. The van der Waals surface area contributed by atoms with E-state index in [1.807, 2.05) is 6.92 Å². The number of amides is 1. The van der Waals surface area contributed by atoms with Crippen LogP contribution in [0.2, 0.25) is 0 Å². The van der Waals surface area contributed by atoms with Crippen molar-refractivity contribution in [1.29, 1.82) is 0 Å². The van der Waals surface area contributed by atoms with Gasteiger partial charge in [-0.25, -0.2) is 0 Å². The highest BCUT2D eigenvalue weighted by atomic mass is 19.4. The number of nitrogens with one attached hydrogen (secondary N) is 1. The number of piperidine rings is 1. The second kappa shape index (κ2) is 9.02. The van der Waals surface area contributed by atoms with Crippen LogP contribution in [-0.2, 0) is 11.0 Å². The lowest BCUT2D eigenvalue weighted by atomic mass is 9.79. The number of halogens is 3. The van der Waals surface area contributed by atoms with Crippen molar-refractivity contribution in [3.63, 3.8) is 0 Å². The molecule has 1 aromatic rings. The van der Waals surface area contributed by atoms with Crippen LogP contribution in [0, 0.1) is 21.4 Å². The van der Waals surface area contributed by atoms with E-state index < -0.39 is 27.8 Å². The normalized spacial score (nSPS) is 24.5. The smallest absolute Gasteiger partial charge is 0.382 e. The number of nitro benzene ring substituents is 1. The lowest BCUT2D eigenvalue weighted by Gasteiger charge is -2.40. The van der Waals surface area contributed by atoms with Gasteiger partial charge in [0.2, 0.25) is 5.91 Å². The fraction of sp³-hybridized carbons (Fsp3) is 0.667. The van der Waals surface area contributed by atoms with Gasteiger partial charge in [-0.3, -0.25) is 14.9 Å². The Hall–Kier alpha value is -2.36. The van der Waals surface area contributed by atoms with E-state index in [-0.39, 0.29) is 17.6 Å². The maximum atomic E-state index is 13.2. The van der Waals surface area contributed by atoms with Gasteiger partial charge in [0.15, 0.2) is 0 Å². The molecule has 1 amide bonds. The Morgan fingerprint density at radius 1 is 1.26 bits per heavy atom. The van der Waals surface area contributed by atoms with Crippen LogP contribution in [-0.4, -0.2) is 41.4 Å². The predicted octanol–water partition coefficient (Wildman–Crippen LogP) is 4.17. The molecule has 10 heteroatoms. The van der Waals surface area contributed by atoms with Crippen LogP contribution in [0.4, 0.5) is 24.5 Å². The first-order chi connectivity index (χ1) is 14.5. The zero-order valence-electron chi connectivity index (χ0n) is 17.6. The van der Waals surface area contributed by atoms with Gasteiger partial charge in [-0.2, -0.15) is 13.2 Å². The summed E-state index contributed by atoms with van der Waals surface area (Å²) in [6.45, 7) is 4.57. The number of nitrogens with two attached hydrogens (primary N) is 1. The number of alkyl halides is 3. The van der Waals surface area contributed by atoms with Crippen molar-refractivity contribution in [3.05, 3.63) is 33.9 Å². The van der Waals surface area contributed by atoms with Crippen LogP contribution in [0.25, 0.3) is 0 Å². The Bertz CT molecular complexity index is 815. The van der Waals surface area contributed by atoms with E-state index in [1.54, 1.807) is 0 Å². The highest BCUT2D eigenvalue weighted by molar-refractivity contribution is 5.80. The zero-order valence-corrected chi connectivity index (χ0v) is 17.6. The van der Waals surface area contributed by atoms with Crippen LogP contribution in [0.1, 0.15) is 51.0 Å². The van der Waals surface area contributed by atoms with Crippen molar-refractivity contribution in [2.24, 2.45) is 17.1 Å². The summed E-state index contributed by atoms with van der Waals surface area (Å²) in [5, 5.41) is 14.0. The van der Waals surface area contributed by atoms with Crippen molar-refractivity contribution >= 4 is 17.3 Å². The maximum absolute atomic E-state index is 13.2. The molecule has 0 atom stereocenters. The third kappa shape index (κ3) is 5.66. The summed E-state index contributed by atoms with van der Waals surface area (Å²) in [4.78, 5) is 23.8. The average molecular weight is 442 g/mol. The molecule has 1 aliphatic heterocycles. The fourth-order valence-electron chi connectivity index (χ4n) is 4.58. The molecule has 2 aliphatic rings. The summed E-state index contributed by atoms with van der Waals surface area (Å²) in [6.07, 6.45) is 0.324. The third-order valence-corrected chi connectivity index (χ3v) is 6.79. The first kappa shape index (κ1) is 23.3. The topological polar surface area (TPSA) is 102 Å². The van der Waals surface area contributed by atoms with E-state index in [4.69, 9.17) is 5.73 Å². The first-order valence-electron chi connectivity index (χ1n) is 10.6. The van der Waals surface area contributed by atoms with Crippen LogP contribution >= 0.6 is 0 Å². The number of benzene rings is 1. The summed E-state index contributed by atoms with van der Waals surface area (Å²) in [7, 11) is 0. The Morgan fingerprint density at radius 3 is 2.39 bits per heavy atom. The van der Waals surface area contributed by atoms with Gasteiger partial charge >= 0.3 is 6.18 Å². The van der Waals surface area contributed by atoms with Crippen LogP contribution < -0.4 is 11.1 Å². The Balaban J connectivity index is 1.51. The van der Waals surface area contributed by atoms with Gasteiger partial charge in [0.05, 0.1) is 4.92 Å². The van der Waals surface area contributed by atoms with Crippen LogP contribution in [0.15, 0.2) is 18.2 Å². The molecule has 2 fully saturated rings. The quantitative estimate of drug-likeness (QED) is 0.509. The number of carbonyl (C=O) groups is 1. The fourth-order valence-corrected chi connectivity index (χ4v) is 4.58. The zero-order chi connectivity index (χ0) is 22.8. The lowest BCUT2D eigenvalue weighted by Crippen LogP contribution is -2.46. The van der Waals surface area contributed by atoms with Gasteiger partial charge in [0, 0.05) is 29.8 Å². The van der Waals surface area contributed by atoms with E-state index in [9.17, 15) is 28.1 Å². The molecular formula is C21H29F3N4O3. The Kier molecular flexibility index (Phi) is 6.78. The Labute approximate surface area is 179 Å². The molecule has 7 nitrogen and oxygen atoms in total. The number of likely N-dealkylation sites (tertiary alicyclic amines) is 1. The molecule has 0 aromatic heterocycles. The Morgan fingerprint density at radius 2 is 1.87 bits per heavy atom. The molecular weight excluding hydrogens is 413 g/mol. The summed E-state index contributed by atoms with van der Waals surface area (Å²) < 4.78 is 39.5. The second-order valence-corrected chi connectivity index (χ2v) is 9.07. The summed E-state index contributed by atoms with van der Waals surface area (Å²) in [5.74, 6) is 0.275. The largest absolute Gasteiger partial charge is 0.423 e. The van der Waals surface area contributed by atoms with Crippen molar-refractivity contribution in [2.75, 3.05) is 25.0 Å². The molecule has 1 aromatic carbocycles. The molecule has 0 spiro atoms. The van der Waals surface area contributed by atoms with E-state index in [2.05, 4.69) is 10.2 Å². The van der Waals surface area contributed by atoms with E-state index in [0.717, 1.165) is 70.3 Å². The molecule has 0 radical (unpaired) electrons. The number of primary amides is 1. The monoisotopic (exact) mass is 442 g/mol. The number of nitro groups is 1. The number of hydrogen-bond donors (Lipinski definition) is 2. The molecule has 0 unspecified atom stereocenters. The van der Waals surface area contributed by atoms with Crippen LogP contribution in [0.5, 0.6) is 0 Å². The second-order valence-electron chi connectivity index (χ2n) is 9.07. The van der Waals surface area contributed by atoms with E-state index in [0.29, 0.717) is 5.92 Å². The maximum Gasteiger partial charge on any atom is 0.423 e. The molecule has 0 bridgehead atoms. The lowest BCUT2D eigenvalue weighted by molar-refractivity contribution is -0.388. The average Bonchev–Trinajstić information content (AvgIpc) is 2.70. The molecule has 1 heterocycles. The SMILES string of the molecule is CC1(C(N)=O)CCN(CC2CCC(Nc3ccc([N+](=O)[O-])c(C(F)(F)F)c3)CC2)CC1. The molecule has 3 N–H and O–H groups in total. The van der Waals surface area contributed by atoms with Gasteiger partial charge in [-0.15, -0.1) is 0 Å². The van der Waals surface area contributed by atoms with Crippen molar-refractivity contribution in [3.8, 4) is 0 Å². The van der Waals surface area contributed by atoms with Crippen molar-refractivity contribution < 1.29 is 22.9 Å². The van der Waals surface area contributed by atoms with Gasteiger partial charge < -0.3 is 16.0 Å². The molecule has 1 saturated heterocycles. The number of nitrogens with zero attached hydrogens (tertiary/aromatic N) is 2. The van der Waals surface area contributed by atoms with Gasteiger partial charge in [-0.05, 0) is 69.7 Å². The van der Waals surface area contributed by atoms with Gasteiger partial charge in [0.1, 0.15) is 5.56 Å². The van der Waals surface area contributed by atoms with Gasteiger partial charge in [0.25, 0.3) is 5.69 Å². The van der Waals surface area contributed by atoms with Crippen molar-refractivity contribution in [2.45, 2.75) is 57.7 Å². The van der Waals surface area contributed by atoms with Crippen LogP contribution in [0.3, 0.4) is 0 Å². The number of rotatable bonds is 6. The third-order valence-electron chi connectivity index (χ3n) is 6.79. The molecule has 1 aliphatic carbocycles. The standard InChI is InChI=1S/C21H29F3N4O3/c1-20(19(25)29)8-10-27(11-9-20)13-14-2-4-15(5-3-14)26-16-6-7-18(28(30)31)17(12-16)21(22,23)24/h6-7,12,14-15,26H,2-5,8-11,13H2,1H3,(H2,25,29). The predicted molar refractivity (Wildman–Crippen MR) is 110 cm³/mol. The first-order valence-corrected chi connectivity index (χ1v) is 10.6.